The van der Waals surface area contributed by atoms with Crippen LogP contribution < -0.4 is 10.8 Å². The van der Waals surface area contributed by atoms with Crippen molar-refractivity contribution >= 4 is 5.91 Å². The highest BCUT2D eigenvalue weighted by Crippen LogP contribution is 2.12. The van der Waals surface area contributed by atoms with Gasteiger partial charge in [-0.2, -0.15) is 0 Å². The van der Waals surface area contributed by atoms with Crippen LogP contribution >= 0.6 is 0 Å². The summed E-state index contributed by atoms with van der Waals surface area (Å²) in [5.74, 6) is -0.645. The van der Waals surface area contributed by atoms with E-state index in [0.717, 1.165) is 0 Å². The second-order valence-corrected chi connectivity index (χ2v) is 2.73. The maximum absolute atomic E-state index is 11.0. The number of ether oxygens (including phenoxy) is 1. The van der Waals surface area contributed by atoms with Crippen molar-refractivity contribution in [2.75, 3.05) is 19.7 Å². The lowest BCUT2D eigenvalue weighted by molar-refractivity contribution is -0.136. The van der Waals surface area contributed by atoms with Crippen LogP contribution in [0.2, 0.25) is 0 Å². The molecule has 2 atom stereocenters. The molecule has 0 aromatic rings. The highest BCUT2D eigenvalue weighted by Gasteiger charge is 2.33. The summed E-state index contributed by atoms with van der Waals surface area (Å²) < 4.78 is 5.30. The summed E-state index contributed by atoms with van der Waals surface area (Å²) in [6.45, 7) is 3.71. The van der Waals surface area contributed by atoms with Gasteiger partial charge in [-0.25, -0.2) is 5.48 Å². The third kappa shape index (κ3) is 1.94. The molecule has 0 spiro atoms. The van der Waals surface area contributed by atoms with Gasteiger partial charge in [0, 0.05) is 19.7 Å². The van der Waals surface area contributed by atoms with Gasteiger partial charge in [-0.05, 0) is 6.92 Å². The molecule has 5 nitrogen and oxygen atoms in total. The van der Waals surface area contributed by atoms with E-state index in [0.29, 0.717) is 19.7 Å². The van der Waals surface area contributed by atoms with Crippen LogP contribution in [0.5, 0.6) is 0 Å². The molecule has 0 saturated carbocycles. The molecule has 70 valence electrons. The third-order valence-corrected chi connectivity index (χ3v) is 1.99. The van der Waals surface area contributed by atoms with Gasteiger partial charge < -0.3 is 10.1 Å². The van der Waals surface area contributed by atoms with E-state index in [1.807, 2.05) is 6.92 Å². The average molecular weight is 174 g/mol. The van der Waals surface area contributed by atoms with E-state index in [2.05, 4.69) is 5.32 Å². The fourth-order valence-electron chi connectivity index (χ4n) is 1.39. The van der Waals surface area contributed by atoms with E-state index in [1.54, 1.807) is 5.48 Å². The van der Waals surface area contributed by atoms with Crippen molar-refractivity contribution in [3.8, 4) is 0 Å². The summed E-state index contributed by atoms with van der Waals surface area (Å²) in [5, 5.41) is 11.4. The summed E-state index contributed by atoms with van der Waals surface area (Å²) >= 11 is 0. The molecular formula is C7H14N2O3. The van der Waals surface area contributed by atoms with E-state index < -0.39 is 0 Å². The summed E-state index contributed by atoms with van der Waals surface area (Å²) in [4.78, 5) is 11.0. The zero-order valence-electron chi connectivity index (χ0n) is 7.04. The monoisotopic (exact) mass is 174 g/mol. The Kier molecular flexibility index (Phi) is 3.46. The minimum atomic E-state index is -0.376. The molecule has 0 aliphatic carbocycles. The van der Waals surface area contributed by atoms with Crippen LogP contribution in [0.4, 0.5) is 0 Å². The SMILES string of the molecule is CCOC1CNCC1C(=O)NO. The molecule has 12 heavy (non-hydrogen) atoms. The first-order valence-corrected chi connectivity index (χ1v) is 4.05. The first kappa shape index (κ1) is 9.44. The molecule has 5 heteroatoms. The number of carbonyl (C=O) groups excluding carboxylic acids is 1. The predicted molar refractivity (Wildman–Crippen MR) is 41.7 cm³/mol. The van der Waals surface area contributed by atoms with Crippen molar-refractivity contribution in [3.63, 3.8) is 0 Å². The Labute approximate surface area is 71.0 Å². The molecule has 1 amide bonds. The van der Waals surface area contributed by atoms with Crippen molar-refractivity contribution in [2.45, 2.75) is 13.0 Å². The largest absolute Gasteiger partial charge is 0.376 e. The molecule has 2 unspecified atom stereocenters. The Morgan fingerprint density at radius 2 is 2.50 bits per heavy atom. The highest BCUT2D eigenvalue weighted by molar-refractivity contribution is 5.78. The number of hydrogen-bond acceptors (Lipinski definition) is 4. The van der Waals surface area contributed by atoms with Crippen molar-refractivity contribution in [1.29, 1.82) is 0 Å². The first-order valence-electron chi connectivity index (χ1n) is 4.05. The lowest BCUT2D eigenvalue weighted by atomic mass is 10.1. The van der Waals surface area contributed by atoms with Gasteiger partial charge in [0.1, 0.15) is 0 Å². The van der Waals surface area contributed by atoms with Crippen molar-refractivity contribution in [1.82, 2.24) is 10.8 Å². The predicted octanol–water partition coefficient (Wildman–Crippen LogP) is -0.884. The van der Waals surface area contributed by atoms with Crippen LogP contribution in [0.25, 0.3) is 0 Å². The van der Waals surface area contributed by atoms with Crippen LogP contribution in [-0.4, -0.2) is 36.9 Å². The van der Waals surface area contributed by atoms with Crippen LogP contribution in [-0.2, 0) is 9.53 Å². The Hall–Kier alpha value is -0.650. The molecule has 1 heterocycles. The van der Waals surface area contributed by atoms with E-state index in [4.69, 9.17) is 9.94 Å². The van der Waals surface area contributed by atoms with E-state index in [9.17, 15) is 4.79 Å². The molecular weight excluding hydrogens is 160 g/mol. The molecule has 1 fully saturated rings. The van der Waals surface area contributed by atoms with Gasteiger partial charge in [-0.15, -0.1) is 0 Å². The maximum atomic E-state index is 11.0. The van der Waals surface area contributed by atoms with Crippen molar-refractivity contribution in [2.24, 2.45) is 5.92 Å². The van der Waals surface area contributed by atoms with Crippen LogP contribution in [0, 0.1) is 5.92 Å². The molecule has 1 saturated heterocycles. The number of hydroxylamine groups is 1. The molecule has 0 bridgehead atoms. The summed E-state index contributed by atoms with van der Waals surface area (Å²) in [5.41, 5.74) is 1.64. The van der Waals surface area contributed by atoms with Crippen LogP contribution in [0.3, 0.4) is 0 Å². The van der Waals surface area contributed by atoms with Gasteiger partial charge >= 0.3 is 0 Å². The number of rotatable bonds is 3. The number of hydrogen-bond donors (Lipinski definition) is 3. The number of carbonyl (C=O) groups is 1. The van der Waals surface area contributed by atoms with Gasteiger partial charge in [0.05, 0.1) is 12.0 Å². The molecule has 1 aliphatic heterocycles. The first-order chi connectivity index (χ1) is 5.79. The normalized spacial score (nSPS) is 28.8. The molecule has 0 radical (unpaired) electrons. The van der Waals surface area contributed by atoms with E-state index in [-0.39, 0.29) is 17.9 Å². The van der Waals surface area contributed by atoms with Gasteiger partial charge in [-0.3, -0.25) is 10.0 Å². The fraction of sp³-hybridized carbons (Fsp3) is 0.857. The Balaban J connectivity index is 2.45. The highest BCUT2D eigenvalue weighted by atomic mass is 16.5. The van der Waals surface area contributed by atoms with Gasteiger partial charge in [0.25, 0.3) is 0 Å². The van der Waals surface area contributed by atoms with E-state index >= 15 is 0 Å². The molecule has 0 aromatic heterocycles. The molecule has 1 aliphatic rings. The molecule has 1 rings (SSSR count). The molecule has 3 N–H and O–H groups in total. The standard InChI is InChI=1S/C7H14N2O3/c1-2-12-6-4-8-3-5(6)7(10)9-11/h5-6,8,11H,2-4H2,1H3,(H,9,10). The van der Waals surface area contributed by atoms with Crippen LogP contribution in [0.15, 0.2) is 0 Å². The Morgan fingerprint density at radius 3 is 3.08 bits per heavy atom. The summed E-state index contributed by atoms with van der Waals surface area (Å²) in [6.07, 6.45) is -0.109. The minimum Gasteiger partial charge on any atom is -0.376 e. The lowest BCUT2D eigenvalue weighted by Gasteiger charge is -2.15. The fourth-order valence-corrected chi connectivity index (χ4v) is 1.39. The summed E-state index contributed by atoms with van der Waals surface area (Å²) in [6, 6.07) is 0. The van der Waals surface area contributed by atoms with Crippen LogP contribution in [0.1, 0.15) is 6.92 Å². The van der Waals surface area contributed by atoms with Crippen molar-refractivity contribution in [3.05, 3.63) is 0 Å². The van der Waals surface area contributed by atoms with E-state index in [1.165, 1.54) is 0 Å². The number of amides is 1. The zero-order valence-corrected chi connectivity index (χ0v) is 7.04. The Bertz CT molecular complexity index is 163. The second kappa shape index (κ2) is 4.39. The lowest BCUT2D eigenvalue weighted by Crippen LogP contribution is -2.36. The quantitative estimate of drug-likeness (QED) is 0.383. The minimum absolute atomic E-state index is 0.109. The smallest absolute Gasteiger partial charge is 0.250 e. The van der Waals surface area contributed by atoms with Crippen molar-refractivity contribution < 1.29 is 14.7 Å². The number of nitrogens with one attached hydrogen (secondary N) is 2. The molecule has 0 aromatic carbocycles. The second-order valence-electron chi connectivity index (χ2n) is 2.73. The van der Waals surface area contributed by atoms with Gasteiger partial charge in [-0.1, -0.05) is 0 Å². The third-order valence-electron chi connectivity index (χ3n) is 1.99. The average Bonchev–Trinajstić information content (AvgIpc) is 2.52. The zero-order chi connectivity index (χ0) is 8.97. The van der Waals surface area contributed by atoms with Gasteiger partial charge in [0.2, 0.25) is 5.91 Å². The van der Waals surface area contributed by atoms with Gasteiger partial charge in [0.15, 0.2) is 0 Å². The Morgan fingerprint density at radius 1 is 1.75 bits per heavy atom. The summed E-state index contributed by atoms with van der Waals surface area (Å²) in [7, 11) is 0. The topological polar surface area (TPSA) is 70.6 Å². The maximum Gasteiger partial charge on any atom is 0.250 e.